The number of piperazine rings is 1. The van der Waals surface area contributed by atoms with Crippen molar-refractivity contribution in [3.05, 3.63) is 94.3 Å². The third-order valence-corrected chi connectivity index (χ3v) is 6.48. The zero-order chi connectivity index (χ0) is 21.2. The number of benzene rings is 2. The Balaban J connectivity index is 1.37. The zero-order valence-electron chi connectivity index (χ0n) is 17.3. The van der Waals surface area contributed by atoms with E-state index in [4.69, 9.17) is 16.6 Å². The predicted octanol–water partition coefficient (Wildman–Crippen LogP) is 4.77. The number of halogens is 1. The number of pyridine rings is 1. The molecule has 1 aliphatic carbocycles. The summed E-state index contributed by atoms with van der Waals surface area (Å²) in [5.74, 6) is 0. The summed E-state index contributed by atoms with van der Waals surface area (Å²) in [6.07, 6.45) is 3.81. The third kappa shape index (κ3) is 4.16. The number of urea groups is 1. The minimum atomic E-state index is -0.0441. The number of anilines is 1. The fraction of sp³-hybridized carbons (Fsp3) is 0.280. The lowest BCUT2D eigenvalue weighted by Gasteiger charge is -2.39. The molecule has 1 aromatic heterocycles. The second kappa shape index (κ2) is 8.69. The Bertz CT molecular complexity index is 1080. The van der Waals surface area contributed by atoms with E-state index in [-0.39, 0.29) is 12.1 Å². The van der Waals surface area contributed by atoms with E-state index >= 15 is 0 Å². The molecule has 2 aliphatic rings. The number of aromatic nitrogens is 1. The van der Waals surface area contributed by atoms with Gasteiger partial charge >= 0.3 is 6.03 Å². The molecule has 0 saturated carbocycles. The summed E-state index contributed by atoms with van der Waals surface area (Å²) in [6, 6.07) is 20.1. The van der Waals surface area contributed by atoms with Gasteiger partial charge < -0.3 is 10.2 Å². The average molecular weight is 433 g/mol. The first-order chi connectivity index (χ1) is 15.2. The minimum Gasteiger partial charge on any atom is -0.322 e. The van der Waals surface area contributed by atoms with Crippen LogP contribution < -0.4 is 5.32 Å². The second-order valence-corrected chi connectivity index (χ2v) is 8.55. The molecule has 1 atom stereocenters. The van der Waals surface area contributed by atoms with Crippen LogP contribution in [0.4, 0.5) is 10.5 Å². The third-order valence-electron chi connectivity index (χ3n) is 6.24. The standard InChI is InChI=1S/C25H25ClN4O/c26-20-10-11-22-19(17-20)9-8-18-5-4-12-27-23(18)24(22)29-13-15-30(16-14-29)25(31)28-21-6-2-1-3-7-21/h1-7,10-12,17,24H,8-9,13-16H2,(H,28,31). The Morgan fingerprint density at radius 1 is 0.935 bits per heavy atom. The monoisotopic (exact) mass is 432 g/mol. The highest BCUT2D eigenvalue weighted by Crippen LogP contribution is 2.37. The molecule has 2 amide bonds. The van der Waals surface area contributed by atoms with Gasteiger partial charge in [0.15, 0.2) is 0 Å². The maximum atomic E-state index is 12.7. The summed E-state index contributed by atoms with van der Waals surface area (Å²) in [5, 5.41) is 3.77. The lowest BCUT2D eigenvalue weighted by molar-refractivity contribution is 0.125. The lowest BCUT2D eigenvalue weighted by atomic mass is 9.96. The first-order valence-corrected chi connectivity index (χ1v) is 11.1. The molecule has 0 radical (unpaired) electrons. The maximum absolute atomic E-state index is 12.7. The largest absolute Gasteiger partial charge is 0.322 e. The second-order valence-electron chi connectivity index (χ2n) is 8.11. The van der Waals surface area contributed by atoms with Crippen molar-refractivity contribution in [1.82, 2.24) is 14.8 Å². The number of para-hydroxylation sites is 1. The van der Waals surface area contributed by atoms with Gasteiger partial charge in [-0.25, -0.2) is 4.79 Å². The topological polar surface area (TPSA) is 48.5 Å². The molecule has 1 aliphatic heterocycles. The number of nitrogens with one attached hydrogen (secondary N) is 1. The van der Waals surface area contributed by atoms with E-state index < -0.39 is 0 Å². The summed E-state index contributed by atoms with van der Waals surface area (Å²) in [6.45, 7) is 2.95. The lowest BCUT2D eigenvalue weighted by Crippen LogP contribution is -2.51. The van der Waals surface area contributed by atoms with Gasteiger partial charge in [-0.05, 0) is 59.9 Å². The Morgan fingerprint density at radius 3 is 2.52 bits per heavy atom. The van der Waals surface area contributed by atoms with E-state index in [2.05, 4.69) is 28.4 Å². The first-order valence-electron chi connectivity index (χ1n) is 10.8. The van der Waals surface area contributed by atoms with Crippen LogP contribution in [0.1, 0.15) is 28.4 Å². The number of carbonyl (C=O) groups is 1. The molecule has 158 valence electrons. The van der Waals surface area contributed by atoms with Crippen molar-refractivity contribution in [2.45, 2.75) is 18.9 Å². The van der Waals surface area contributed by atoms with E-state index in [1.165, 1.54) is 16.7 Å². The molecule has 1 unspecified atom stereocenters. The molecule has 1 N–H and O–H groups in total. The predicted molar refractivity (Wildman–Crippen MR) is 124 cm³/mol. The summed E-state index contributed by atoms with van der Waals surface area (Å²) in [5.41, 5.74) is 5.82. The van der Waals surface area contributed by atoms with Crippen molar-refractivity contribution in [2.24, 2.45) is 0 Å². The Morgan fingerprint density at radius 2 is 1.71 bits per heavy atom. The van der Waals surface area contributed by atoms with Crippen LogP contribution in [-0.2, 0) is 12.8 Å². The highest BCUT2D eigenvalue weighted by Gasteiger charge is 2.33. The smallest absolute Gasteiger partial charge is 0.321 e. The molecule has 5 rings (SSSR count). The molecular weight excluding hydrogens is 408 g/mol. The van der Waals surface area contributed by atoms with Crippen LogP contribution in [0.15, 0.2) is 66.9 Å². The number of nitrogens with zero attached hydrogens (tertiary/aromatic N) is 3. The number of aryl methyl sites for hydroxylation is 2. The van der Waals surface area contributed by atoms with Gasteiger partial charge in [-0.2, -0.15) is 0 Å². The van der Waals surface area contributed by atoms with Crippen LogP contribution in [0, 0.1) is 0 Å². The zero-order valence-corrected chi connectivity index (χ0v) is 18.1. The number of carbonyl (C=O) groups excluding carboxylic acids is 1. The van der Waals surface area contributed by atoms with Crippen molar-refractivity contribution >= 4 is 23.3 Å². The van der Waals surface area contributed by atoms with Crippen LogP contribution in [0.2, 0.25) is 5.02 Å². The normalized spacial score (nSPS) is 18.6. The molecule has 0 bridgehead atoms. The number of hydrogen-bond donors (Lipinski definition) is 1. The highest BCUT2D eigenvalue weighted by atomic mass is 35.5. The Kier molecular flexibility index (Phi) is 5.62. The van der Waals surface area contributed by atoms with Gasteiger partial charge in [-0.15, -0.1) is 0 Å². The Hall–Kier alpha value is -2.89. The van der Waals surface area contributed by atoms with Crippen molar-refractivity contribution in [2.75, 3.05) is 31.5 Å². The maximum Gasteiger partial charge on any atom is 0.321 e. The van der Waals surface area contributed by atoms with E-state index in [1.807, 2.05) is 53.6 Å². The minimum absolute atomic E-state index is 0.0441. The quantitative estimate of drug-likeness (QED) is 0.634. The summed E-state index contributed by atoms with van der Waals surface area (Å²) < 4.78 is 0. The highest BCUT2D eigenvalue weighted by molar-refractivity contribution is 6.30. The van der Waals surface area contributed by atoms with Gasteiger partial charge in [0, 0.05) is 43.1 Å². The molecule has 0 spiro atoms. The van der Waals surface area contributed by atoms with Gasteiger partial charge in [0.1, 0.15) is 0 Å². The van der Waals surface area contributed by atoms with Gasteiger partial charge in [0.2, 0.25) is 0 Å². The van der Waals surface area contributed by atoms with Gasteiger partial charge in [0.25, 0.3) is 0 Å². The Labute approximate surface area is 187 Å². The average Bonchev–Trinajstić information content (AvgIpc) is 2.96. The van der Waals surface area contributed by atoms with Crippen molar-refractivity contribution in [3.8, 4) is 0 Å². The van der Waals surface area contributed by atoms with E-state index in [0.29, 0.717) is 13.1 Å². The van der Waals surface area contributed by atoms with Gasteiger partial charge in [0.05, 0.1) is 11.7 Å². The van der Waals surface area contributed by atoms with E-state index in [0.717, 1.165) is 42.3 Å². The van der Waals surface area contributed by atoms with E-state index in [1.54, 1.807) is 0 Å². The molecule has 1 fully saturated rings. The van der Waals surface area contributed by atoms with Crippen molar-refractivity contribution < 1.29 is 4.79 Å². The fourth-order valence-corrected chi connectivity index (χ4v) is 4.85. The summed E-state index contributed by atoms with van der Waals surface area (Å²) in [7, 11) is 0. The molecular formula is C25H25ClN4O. The van der Waals surface area contributed by atoms with Gasteiger partial charge in [-0.1, -0.05) is 41.9 Å². The fourth-order valence-electron chi connectivity index (χ4n) is 4.66. The van der Waals surface area contributed by atoms with Crippen molar-refractivity contribution in [3.63, 3.8) is 0 Å². The molecule has 6 heteroatoms. The van der Waals surface area contributed by atoms with Crippen molar-refractivity contribution in [1.29, 1.82) is 0 Å². The number of rotatable bonds is 2. The summed E-state index contributed by atoms with van der Waals surface area (Å²) in [4.78, 5) is 21.9. The molecule has 2 heterocycles. The molecule has 3 aromatic rings. The van der Waals surface area contributed by atoms with Crippen LogP contribution in [-0.4, -0.2) is 47.0 Å². The molecule has 31 heavy (non-hydrogen) atoms. The molecule has 1 saturated heterocycles. The first kappa shape index (κ1) is 20.0. The number of hydrogen-bond acceptors (Lipinski definition) is 3. The van der Waals surface area contributed by atoms with Crippen LogP contribution in [0.5, 0.6) is 0 Å². The summed E-state index contributed by atoms with van der Waals surface area (Å²) >= 11 is 6.31. The number of fused-ring (bicyclic) bond motifs is 2. The SMILES string of the molecule is O=C(Nc1ccccc1)N1CCN(C2c3ccc(Cl)cc3CCc3cccnc32)CC1. The molecule has 2 aromatic carbocycles. The molecule has 5 nitrogen and oxygen atoms in total. The number of amides is 2. The van der Waals surface area contributed by atoms with Crippen LogP contribution >= 0.6 is 11.6 Å². The van der Waals surface area contributed by atoms with E-state index in [9.17, 15) is 4.79 Å². The van der Waals surface area contributed by atoms with Crippen LogP contribution in [0.25, 0.3) is 0 Å². The van der Waals surface area contributed by atoms with Crippen LogP contribution in [0.3, 0.4) is 0 Å². The van der Waals surface area contributed by atoms with Gasteiger partial charge in [-0.3, -0.25) is 9.88 Å².